The first-order valence-corrected chi connectivity index (χ1v) is 12.0. The van der Waals surface area contributed by atoms with Crippen LogP contribution in [0.15, 0.2) is 11.2 Å². The highest BCUT2D eigenvalue weighted by Gasteiger charge is 2.22. The molecule has 158 valence electrons. The second-order valence-electron chi connectivity index (χ2n) is 7.39. The second-order valence-corrected chi connectivity index (χ2v) is 9.47. The van der Waals surface area contributed by atoms with Gasteiger partial charge in [-0.15, -0.1) is 21.5 Å². The molecule has 0 bridgehead atoms. The molecule has 2 heterocycles. The Kier molecular flexibility index (Phi) is 7.71. The van der Waals surface area contributed by atoms with E-state index in [1.54, 1.807) is 11.3 Å². The van der Waals surface area contributed by atoms with E-state index >= 15 is 0 Å². The van der Waals surface area contributed by atoms with Gasteiger partial charge in [0.1, 0.15) is 0 Å². The molecule has 9 heteroatoms. The molecule has 0 saturated heterocycles. The Morgan fingerprint density at radius 3 is 2.93 bits per heavy atom. The summed E-state index contributed by atoms with van der Waals surface area (Å²) in [5, 5.41) is 14.3. The topological polar surface area (TPSA) is 88.9 Å². The number of imide groups is 1. The van der Waals surface area contributed by atoms with Crippen molar-refractivity contribution in [2.75, 3.05) is 12.3 Å². The molecule has 0 spiro atoms. The van der Waals surface area contributed by atoms with Gasteiger partial charge < -0.3 is 9.88 Å². The van der Waals surface area contributed by atoms with Crippen molar-refractivity contribution >= 4 is 35.0 Å². The summed E-state index contributed by atoms with van der Waals surface area (Å²) in [6.07, 6.45) is 6.69. The minimum absolute atomic E-state index is 0.117. The highest BCUT2D eigenvalue weighted by Crippen LogP contribution is 2.37. The number of nitrogens with zero attached hydrogens (tertiary/aromatic N) is 3. The molecule has 3 rings (SSSR count). The molecule has 2 N–H and O–H groups in total. The number of nitrogens with one attached hydrogen (secondary N) is 2. The molecule has 7 nitrogen and oxygen atoms in total. The number of carbonyl (C=O) groups is 2. The lowest BCUT2D eigenvalue weighted by Crippen LogP contribution is -2.40. The summed E-state index contributed by atoms with van der Waals surface area (Å²) in [5.74, 6) is 1.39. The van der Waals surface area contributed by atoms with E-state index in [1.165, 1.54) is 35.0 Å². The molecular formula is C20H29N5O2S2. The number of amides is 3. The normalized spacial score (nSPS) is 15.8. The van der Waals surface area contributed by atoms with Crippen LogP contribution in [0.1, 0.15) is 50.0 Å². The Morgan fingerprint density at radius 1 is 1.34 bits per heavy atom. The summed E-state index contributed by atoms with van der Waals surface area (Å²) in [5.41, 5.74) is 1.45. The molecule has 0 unspecified atom stereocenters. The lowest BCUT2D eigenvalue weighted by molar-refractivity contribution is -0.117. The predicted octanol–water partition coefficient (Wildman–Crippen LogP) is 3.78. The second kappa shape index (κ2) is 10.2. The van der Waals surface area contributed by atoms with E-state index in [1.807, 2.05) is 18.5 Å². The Balaban J connectivity index is 1.57. The molecule has 1 atom stereocenters. The molecule has 1 aliphatic carbocycles. The zero-order valence-electron chi connectivity index (χ0n) is 17.3. The maximum Gasteiger partial charge on any atom is 0.321 e. The maximum atomic E-state index is 12.0. The standard InChI is InChI=1S/C20H29N5O2S2/c1-4-6-9-21-19(27)22-17(26)12-28-20-24-23-18(25(20)3)16-11-14-10-13(5-2)7-8-15(14)29-16/h11,13H,4-10,12H2,1-3H3,(H2,21,22,26,27)/t13-/m0/s1. The Hall–Kier alpha value is -1.87. The van der Waals surface area contributed by atoms with Crippen LogP contribution in [-0.2, 0) is 24.7 Å². The number of thioether (sulfide) groups is 1. The molecule has 2 aromatic heterocycles. The van der Waals surface area contributed by atoms with Crippen molar-refractivity contribution < 1.29 is 9.59 Å². The van der Waals surface area contributed by atoms with Gasteiger partial charge in [-0.2, -0.15) is 0 Å². The lowest BCUT2D eigenvalue weighted by Gasteiger charge is -2.19. The molecule has 29 heavy (non-hydrogen) atoms. The van der Waals surface area contributed by atoms with Gasteiger partial charge in [-0.3, -0.25) is 10.1 Å². The molecule has 0 saturated carbocycles. The zero-order valence-corrected chi connectivity index (χ0v) is 18.9. The Bertz CT molecular complexity index is 861. The van der Waals surface area contributed by atoms with Gasteiger partial charge in [0.25, 0.3) is 0 Å². The van der Waals surface area contributed by atoms with Crippen molar-refractivity contribution in [1.82, 2.24) is 25.4 Å². The van der Waals surface area contributed by atoms with Crippen LogP contribution in [-0.4, -0.2) is 39.0 Å². The third-order valence-electron chi connectivity index (χ3n) is 5.22. The maximum absolute atomic E-state index is 12.0. The molecule has 3 amide bonds. The van der Waals surface area contributed by atoms with Gasteiger partial charge >= 0.3 is 6.03 Å². The molecule has 0 radical (unpaired) electrons. The van der Waals surface area contributed by atoms with E-state index in [0.29, 0.717) is 11.7 Å². The van der Waals surface area contributed by atoms with Gasteiger partial charge in [0.2, 0.25) is 5.91 Å². The van der Waals surface area contributed by atoms with Gasteiger partial charge in [0, 0.05) is 18.5 Å². The number of fused-ring (bicyclic) bond motifs is 1. The first kappa shape index (κ1) is 21.8. The first-order chi connectivity index (χ1) is 14.0. The van der Waals surface area contributed by atoms with Gasteiger partial charge in [0.05, 0.1) is 10.6 Å². The van der Waals surface area contributed by atoms with Gasteiger partial charge in [-0.1, -0.05) is 38.5 Å². The van der Waals surface area contributed by atoms with Crippen molar-refractivity contribution in [3.8, 4) is 10.7 Å². The van der Waals surface area contributed by atoms with E-state index in [4.69, 9.17) is 0 Å². The van der Waals surface area contributed by atoms with Crippen LogP contribution >= 0.6 is 23.1 Å². The quantitative estimate of drug-likeness (QED) is 0.487. The highest BCUT2D eigenvalue weighted by molar-refractivity contribution is 7.99. The minimum atomic E-state index is -0.447. The number of aromatic nitrogens is 3. The average Bonchev–Trinajstić information content (AvgIpc) is 3.28. The van der Waals surface area contributed by atoms with Crippen LogP contribution in [0.3, 0.4) is 0 Å². The molecule has 0 aromatic carbocycles. The van der Waals surface area contributed by atoms with Crippen LogP contribution in [0, 0.1) is 5.92 Å². The fraction of sp³-hybridized carbons (Fsp3) is 0.600. The fourth-order valence-electron chi connectivity index (χ4n) is 3.43. The number of unbranched alkanes of at least 4 members (excludes halogenated alkanes) is 1. The minimum Gasteiger partial charge on any atom is -0.338 e. The van der Waals surface area contributed by atoms with E-state index in [9.17, 15) is 9.59 Å². The number of urea groups is 1. The predicted molar refractivity (Wildman–Crippen MR) is 117 cm³/mol. The molecule has 0 aliphatic heterocycles. The van der Waals surface area contributed by atoms with E-state index in [-0.39, 0.29) is 11.7 Å². The zero-order chi connectivity index (χ0) is 20.8. The summed E-state index contributed by atoms with van der Waals surface area (Å²) in [4.78, 5) is 26.2. The third-order valence-corrected chi connectivity index (χ3v) is 7.47. The summed E-state index contributed by atoms with van der Waals surface area (Å²) < 4.78 is 1.92. The third kappa shape index (κ3) is 5.60. The van der Waals surface area contributed by atoms with E-state index < -0.39 is 6.03 Å². The number of hydrogen-bond acceptors (Lipinski definition) is 6. The van der Waals surface area contributed by atoms with E-state index in [0.717, 1.165) is 42.3 Å². The molecule has 0 fully saturated rings. The molecule has 2 aromatic rings. The largest absolute Gasteiger partial charge is 0.338 e. The smallest absolute Gasteiger partial charge is 0.321 e. The van der Waals surface area contributed by atoms with Crippen molar-refractivity contribution in [3.63, 3.8) is 0 Å². The number of aryl methyl sites for hydroxylation is 1. The van der Waals surface area contributed by atoms with E-state index in [2.05, 4.69) is 33.8 Å². The van der Waals surface area contributed by atoms with Crippen molar-refractivity contribution in [2.24, 2.45) is 13.0 Å². The molecule has 1 aliphatic rings. The lowest BCUT2D eigenvalue weighted by atomic mass is 9.87. The van der Waals surface area contributed by atoms with Crippen molar-refractivity contribution in [1.29, 1.82) is 0 Å². The summed E-state index contributed by atoms with van der Waals surface area (Å²) >= 11 is 3.09. The Morgan fingerprint density at radius 2 is 2.17 bits per heavy atom. The highest BCUT2D eigenvalue weighted by atomic mass is 32.2. The first-order valence-electron chi connectivity index (χ1n) is 10.2. The van der Waals surface area contributed by atoms with Crippen LogP contribution in [0.4, 0.5) is 4.79 Å². The van der Waals surface area contributed by atoms with Crippen molar-refractivity contribution in [2.45, 2.75) is 57.5 Å². The van der Waals surface area contributed by atoms with Crippen LogP contribution < -0.4 is 10.6 Å². The van der Waals surface area contributed by atoms with Crippen LogP contribution in [0.25, 0.3) is 10.7 Å². The number of rotatable bonds is 8. The number of thiophene rings is 1. The van der Waals surface area contributed by atoms with Crippen LogP contribution in [0.5, 0.6) is 0 Å². The number of hydrogen-bond donors (Lipinski definition) is 2. The van der Waals surface area contributed by atoms with Gasteiger partial charge in [-0.05, 0) is 43.2 Å². The van der Waals surface area contributed by atoms with Gasteiger partial charge in [0.15, 0.2) is 11.0 Å². The average molecular weight is 436 g/mol. The summed E-state index contributed by atoms with van der Waals surface area (Å²) in [6.45, 7) is 4.88. The monoisotopic (exact) mass is 435 g/mol. The van der Waals surface area contributed by atoms with Gasteiger partial charge in [-0.25, -0.2) is 4.79 Å². The molecular weight excluding hydrogens is 406 g/mol. The number of carbonyl (C=O) groups excluding carboxylic acids is 2. The SMILES string of the molecule is CCCCNC(=O)NC(=O)CSc1nnc(-c2cc3c(s2)CC[C@H](CC)C3)n1C. The van der Waals surface area contributed by atoms with Crippen molar-refractivity contribution in [3.05, 3.63) is 16.5 Å². The van der Waals surface area contributed by atoms with Crippen LogP contribution in [0.2, 0.25) is 0 Å². The Labute approximate surface area is 180 Å². The fourth-order valence-corrected chi connectivity index (χ4v) is 5.37. The summed E-state index contributed by atoms with van der Waals surface area (Å²) in [6, 6.07) is 1.81. The summed E-state index contributed by atoms with van der Waals surface area (Å²) in [7, 11) is 1.92.